The molecule has 8 heteroatoms. The number of nitrogens with one attached hydrogen (secondary N) is 2. The Labute approximate surface area is 187 Å². The van der Waals surface area contributed by atoms with Gasteiger partial charge >= 0.3 is 0 Å². The summed E-state index contributed by atoms with van der Waals surface area (Å²) in [5.74, 6) is -0.726. The summed E-state index contributed by atoms with van der Waals surface area (Å²) in [5, 5.41) is 6.85. The second-order valence-electron chi connectivity index (χ2n) is 7.54. The molecule has 2 N–H and O–H groups in total. The van der Waals surface area contributed by atoms with Gasteiger partial charge in [-0.25, -0.2) is 9.82 Å². The van der Waals surface area contributed by atoms with Crippen molar-refractivity contribution in [3.63, 3.8) is 0 Å². The molecular formula is C24H29FN4O3. The fourth-order valence-electron chi connectivity index (χ4n) is 3.54. The number of morpholine rings is 1. The largest absolute Gasteiger partial charge is 0.379 e. The van der Waals surface area contributed by atoms with Crippen LogP contribution in [0.15, 0.2) is 59.7 Å². The van der Waals surface area contributed by atoms with Crippen LogP contribution in [0, 0.1) is 5.82 Å². The normalized spacial score (nSPS) is 15.4. The van der Waals surface area contributed by atoms with E-state index in [0.717, 1.165) is 12.8 Å². The van der Waals surface area contributed by atoms with Gasteiger partial charge in [-0.2, -0.15) is 5.10 Å². The summed E-state index contributed by atoms with van der Waals surface area (Å²) in [6.45, 7) is 3.03. The van der Waals surface area contributed by atoms with Gasteiger partial charge in [0.05, 0.1) is 25.5 Å². The highest BCUT2D eigenvalue weighted by molar-refractivity contribution is 5.94. The van der Waals surface area contributed by atoms with E-state index in [9.17, 15) is 14.0 Å². The molecule has 1 aliphatic heterocycles. The van der Waals surface area contributed by atoms with E-state index in [1.807, 2.05) is 18.2 Å². The fraction of sp³-hybridized carbons (Fsp3) is 0.375. The molecular weight excluding hydrogens is 411 g/mol. The first kappa shape index (κ1) is 23.6. The highest BCUT2D eigenvalue weighted by Crippen LogP contribution is 2.12. The van der Waals surface area contributed by atoms with Crippen LogP contribution in [0.3, 0.4) is 0 Å². The molecule has 1 aliphatic rings. The quantitative estimate of drug-likeness (QED) is 0.338. The third-order valence-corrected chi connectivity index (χ3v) is 5.30. The number of hydrogen-bond acceptors (Lipinski definition) is 5. The number of rotatable bonds is 10. The summed E-state index contributed by atoms with van der Waals surface area (Å²) in [4.78, 5) is 27.0. The van der Waals surface area contributed by atoms with Gasteiger partial charge in [-0.15, -0.1) is 0 Å². The molecule has 3 rings (SSSR count). The highest BCUT2D eigenvalue weighted by atomic mass is 19.1. The monoisotopic (exact) mass is 440 g/mol. The van der Waals surface area contributed by atoms with Crippen molar-refractivity contribution < 1.29 is 18.7 Å². The van der Waals surface area contributed by atoms with Gasteiger partial charge in [0.25, 0.3) is 11.8 Å². The van der Waals surface area contributed by atoms with Gasteiger partial charge in [-0.3, -0.25) is 14.5 Å². The van der Waals surface area contributed by atoms with Gasteiger partial charge in [0.1, 0.15) is 5.82 Å². The first-order valence-electron chi connectivity index (χ1n) is 10.9. The minimum Gasteiger partial charge on any atom is -0.379 e. The van der Waals surface area contributed by atoms with E-state index < -0.39 is 5.82 Å². The standard InChI is InChI=1S/C24H29FN4O3/c25-21-11-5-4-10-20(21)18-27-28-24(31)22(29-14-16-32-17-15-29)12-6-7-13-26-23(30)19-8-2-1-3-9-19/h1-5,8-11,18,22H,6-7,12-17H2,(H,26,30)(H,28,31)/b27-18+/t22-/m1/s1. The average molecular weight is 441 g/mol. The lowest BCUT2D eigenvalue weighted by Gasteiger charge is -2.33. The number of amides is 2. The molecule has 32 heavy (non-hydrogen) atoms. The van der Waals surface area contributed by atoms with Gasteiger partial charge in [-0.05, 0) is 37.5 Å². The minimum absolute atomic E-state index is 0.101. The summed E-state index contributed by atoms with van der Waals surface area (Å²) >= 11 is 0. The molecule has 1 heterocycles. The molecule has 2 aromatic carbocycles. The number of ether oxygens (including phenoxy) is 1. The number of benzene rings is 2. The number of halogens is 1. The highest BCUT2D eigenvalue weighted by Gasteiger charge is 2.26. The average Bonchev–Trinajstić information content (AvgIpc) is 2.83. The number of hydrogen-bond donors (Lipinski definition) is 2. The number of nitrogens with zero attached hydrogens (tertiary/aromatic N) is 2. The van der Waals surface area contributed by atoms with E-state index in [-0.39, 0.29) is 17.9 Å². The third kappa shape index (κ3) is 7.25. The Morgan fingerprint density at radius 3 is 2.53 bits per heavy atom. The Balaban J connectivity index is 1.48. The van der Waals surface area contributed by atoms with Crippen LogP contribution in [-0.4, -0.2) is 61.8 Å². The van der Waals surface area contributed by atoms with E-state index in [0.29, 0.717) is 50.4 Å². The van der Waals surface area contributed by atoms with E-state index in [1.165, 1.54) is 12.3 Å². The molecule has 0 spiro atoms. The molecule has 2 aromatic rings. The zero-order valence-corrected chi connectivity index (χ0v) is 18.0. The topological polar surface area (TPSA) is 83.0 Å². The Kier molecular flexibility index (Phi) is 9.34. The van der Waals surface area contributed by atoms with Gasteiger partial charge in [0.15, 0.2) is 0 Å². The van der Waals surface area contributed by atoms with Gasteiger partial charge in [0, 0.05) is 30.8 Å². The van der Waals surface area contributed by atoms with Crippen molar-refractivity contribution in [3.05, 3.63) is 71.5 Å². The van der Waals surface area contributed by atoms with Crippen molar-refractivity contribution in [1.29, 1.82) is 0 Å². The van der Waals surface area contributed by atoms with Crippen LogP contribution in [0.25, 0.3) is 0 Å². The molecule has 0 saturated carbocycles. The molecule has 1 fully saturated rings. The van der Waals surface area contributed by atoms with Gasteiger partial charge < -0.3 is 10.1 Å². The van der Waals surface area contributed by atoms with Crippen molar-refractivity contribution >= 4 is 18.0 Å². The smallest absolute Gasteiger partial charge is 0.257 e. The lowest BCUT2D eigenvalue weighted by molar-refractivity contribution is -0.128. The molecule has 0 radical (unpaired) electrons. The van der Waals surface area contributed by atoms with Crippen molar-refractivity contribution in [3.8, 4) is 0 Å². The van der Waals surface area contributed by atoms with Crippen LogP contribution < -0.4 is 10.7 Å². The minimum atomic E-state index is -0.396. The van der Waals surface area contributed by atoms with Crippen molar-refractivity contribution in [1.82, 2.24) is 15.6 Å². The molecule has 1 saturated heterocycles. The number of hydrazone groups is 1. The van der Waals surface area contributed by atoms with Gasteiger partial charge in [0.2, 0.25) is 0 Å². The maximum absolute atomic E-state index is 13.7. The Hall–Kier alpha value is -3.10. The van der Waals surface area contributed by atoms with Gasteiger partial charge in [-0.1, -0.05) is 36.4 Å². The number of carbonyl (C=O) groups excluding carboxylic acids is 2. The Morgan fingerprint density at radius 1 is 1.06 bits per heavy atom. The van der Waals surface area contributed by atoms with Crippen molar-refractivity contribution in [2.45, 2.75) is 25.3 Å². The summed E-state index contributed by atoms with van der Waals surface area (Å²) in [7, 11) is 0. The zero-order chi connectivity index (χ0) is 22.6. The molecule has 1 atom stereocenters. The summed E-state index contributed by atoms with van der Waals surface area (Å²) < 4.78 is 19.1. The lowest BCUT2D eigenvalue weighted by atomic mass is 10.1. The third-order valence-electron chi connectivity index (χ3n) is 5.30. The first-order valence-corrected chi connectivity index (χ1v) is 10.9. The van der Waals surface area contributed by atoms with E-state index in [4.69, 9.17) is 4.74 Å². The van der Waals surface area contributed by atoms with Crippen molar-refractivity contribution in [2.75, 3.05) is 32.8 Å². The summed E-state index contributed by atoms with van der Waals surface area (Å²) in [5.41, 5.74) is 3.49. The lowest BCUT2D eigenvalue weighted by Crippen LogP contribution is -2.50. The zero-order valence-electron chi connectivity index (χ0n) is 18.0. The van der Waals surface area contributed by atoms with E-state index in [2.05, 4.69) is 20.7 Å². The molecule has 2 amide bonds. The van der Waals surface area contributed by atoms with Crippen LogP contribution in [0.1, 0.15) is 35.2 Å². The van der Waals surface area contributed by atoms with Crippen LogP contribution in [0.5, 0.6) is 0 Å². The second kappa shape index (κ2) is 12.7. The fourth-order valence-corrected chi connectivity index (χ4v) is 3.54. The molecule has 0 bridgehead atoms. The van der Waals surface area contributed by atoms with Crippen LogP contribution >= 0.6 is 0 Å². The second-order valence-corrected chi connectivity index (χ2v) is 7.54. The first-order chi connectivity index (χ1) is 15.6. The molecule has 0 aliphatic carbocycles. The molecule has 0 aromatic heterocycles. The molecule has 0 unspecified atom stereocenters. The van der Waals surface area contributed by atoms with Crippen LogP contribution in [0.2, 0.25) is 0 Å². The predicted molar refractivity (Wildman–Crippen MR) is 121 cm³/mol. The SMILES string of the molecule is O=C(NCCCC[C@H](C(=O)N/N=C/c1ccccc1F)N1CCOCC1)c1ccccc1. The van der Waals surface area contributed by atoms with E-state index in [1.54, 1.807) is 30.3 Å². The van der Waals surface area contributed by atoms with Crippen LogP contribution in [-0.2, 0) is 9.53 Å². The van der Waals surface area contributed by atoms with E-state index >= 15 is 0 Å². The number of unbranched alkanes of at least 4 members (excludes halogenated alkanes) is 1. The number of carbonyl (C=O) groups is 2. The Morgan fingerprint density at radius 2 is 1.78 bits per heavy atom. The maximum atomic E-state index is 13.7. The van der Waals surface area contributed by atoms with Crippen molar-refractivity contribution in [2.24, 2.45) is 5.10 Å². The molecule has 170 valence electrons. The van der Waals surface area contributed by atoms with Crippen LogP contribution in [0.4, 0.5) is 4.39 Å². The summed E-state index contributed by atoms with van der Waals surface area (Å²) in [6, 6.07) is 15.0. The predicted octanol–water partition coefficient (Wildman–Crippen LogP) is 2.58. The molecule has 7 nitrogen and oxygen atoms in total. The summed E-state index contributed by atoms with van der Waals surface area (Å²) in [6.07, 6.45) is 3.46. The maximum Gasteiger partial charge on any atom is 0.257 e. The Bertz CT molecular complexity index is 901.